The minimum Gasteiger partial charge on any atom is -0.461 e. The molecule has 4 heterocycles. The van der Waals surface area contributed by atoms with Gasteiger partial charge in [-0.2, -0.15) is 9.97 Å². The average Bonchev–Trinajstić information content (AvgIpc) is 3.54. The molecule has 0 unspecified atom stereocenters. The Bertz CT molecular complexity index is 1730. The first kappa shape index (κ1) is 30.1. The molecule has 3 aliphatic rings. The maximum Gasteiger partial charge on any atom is 0.318 e. The Morgan fingerprint density at radius 1 is 1.02 bits per heavy atom. The summed E-state index contributed by atoms with van der Waals surface area (Å²) in [4.78, 5) is 14.6. The Morgan fingerprint density at radius 3 is 2.49 bits per heavy atom. The number of ether oxygens (including phenoxy) is 1. The average molecular weight is 627 g/mol. The van der Waals surface area contributed by atoms with E-state index in [1.54, 1.807) is 0 Å². The van der Waals surface area contributed by atoms with E-state index in [0.29, 0.717) is 31.4 Å². The van der Waals surface area contributed by atoms with Crippen LogP contribution < -0.4 is 15.0 Å². The monoisotopic (exact) mass is 626 g/mol. The first-order chi connectivity index (χ1) is 20.6. The Balaban J connectivity index is 1.30. The summed E-state index contributed by atoms with van der Waals surface area (Å²) in [5.74, 6) is 0.323. The zero-order valence-electron chi connectivity index (χ0n) is 25.3. The summed E-state index contributed by atoms with van der Waals surface area (Å²) in [7, 11) is -6.62. The van der Waals surface area contributed by atoms with Crippen LogP contribution >= 0.6 is 0 Å². The van der Waals surface area contributed by atoms with Gasteiger partial charge >= 0.3 is 6.01 Å². The molecule has 1 N–H and O–H groups in total. The van der Waals surface area contributed by atoms with E-state index >= 15 is 0 Å². The van der Waals surface area contributed by atoms with Gasteiger partial charge in [-0.25, -0.2) is 12.6 Å². The zero-order valence-corrected chi connectivity index (χ0v) is 27.0. The van der Waals surface area contributed by atoms with Crippen LogP contribution in [0.4, 0.5) is 11.5 Å². The van der Waals surface area contributed by atoms with Gasteiger partial charge in [-0.05, 0) is 68.6 Å². The predicted octanol–water partition coefficient (Wildman–Crippen LogP) is 4.23. The molecule has 43 heavy (non-hydrogen) atoms. The maximum atomic E-state index is 12.5. The van der Waals surface area contributed by atoms with Gasteiger partial charge in [0.2, 0.25) is 0 Å². The molecule has 2 saturated heterocycles. The van der Waals surface area contributed by atoms with Crippen molar-refractivity contribution in [1.82, 2.24) is 14.9 Å². The Labute approximate surface area is 255 Å². The molecule has 2 aromatic carbocycles. The van der Waals surface area contributed by atoms with Crippen molar-refractivity contribution in [2.45, 2.75) is 57.5 Å². The van der Waals surface area contributed by atoms with E-state index < -0.39 is 19.8 Å². The molecule has 0 aliphatic carbocycles. The lowest BCUT2D eigenvalue weighted by molar-refractivity contribution is 0.107. The van der Waals surface area contributed by atoms with Gasteiger partial charge in [0.25, 0.3) is 10.0 Å². The number of nitrogens with zero attached hydrogens (tertiary/aromatic N) is 5. The molecule has 3 aromatic rings. The lowest BCUT2D eigenvalue weighted by atomic mass is 9.95. The molecule has 0 spiro atoms. The SMILES string of the molecule is CCc1cccc2cccc(N3CCc4c(nc(OCC56CCCN5CCC6)nc4NCCS(=O)(=O)N=S(C)(C)=O)C3)c12. The number of sulfonamides is 1. The normalized spacial score (nSPS) is 18.4. The summed E-state index contributed by atoms with van der Waals surface area (Å²) in [5.41, 5.74) is 4.43. The molecule has 3 aliphatic heterocycles. The van der Waals surface area contributed by atoms with Crippen LogP contribution in [0.2, 0.25) is 0 Å². The van der Waals surface area contributed by atoms with Crippen LogP contribution in [0.25, 0.3) is 10.8 Å². The van der Waals surface area contributed by atoms with Crippen molar-refractivity contribution >= 4 is 42.0 Å². The van der Waals surface area contributed by atoms with Crippen molar-refractivity contribution in [2.24, 2.45) is 3.77 Å². The van der Waals surface area contributed by atoms with E-state index in [4.69, 9.17) is 14.7 Å². The van der Waals surface area contributed by atoms with Crippen LogP contribution in [0, 0.1) is 0 Å². The molecule has 0 amide bonds. The second-order valence-corrected chi connectivity index (χ2v) is 16.8. The molecule has 10 nitrogen and oxygen atoms in total. The molecule has 0 radical (unpaired) electrons. The molecule has 2 fully saturated rings. The van der Waals surface area contributed by atoms with Gasteiger partial charge in [-0.15, -0.1) is 3.77 Å². The highest BCUT2D eigenvalue weighted by atomic mass is 32.3. The van der Waals surface area contributed by atoms with Gasteiger partial charge in [0.05, 0.1) is 33.3 Å². The van der Waals surface area contributed by atoms with Crippen LogP contribution in [-0.4, -0.2) is 84.1 Å². The van der Waals surface area contributed by atoms with Crippen LogP contribution in [0.15, 0.2) is 40.2 Å². The summed E-state index contributed by atoms with van der Waals surface area (Å²) < 4.78 is 46.8. The predicted molar refractivity (Wildman–Crippen MR) is 173 cm³/mol. The molecule has 1 aromatic heterocycles. The second kappa shape index (κ2) is 11.9. The number of nitrogens with one attached hydrogen (secondary N) is 1. The zero-order chi connectivity index (χ0) is 30.2. The van der Waals surface area contributed by atoms with Crippen molar-refractivity contribution in [3.05, 3.63) is 53.2 Å². The molecule has 12 heteroatoms. The fourth-order valence-electron chi connectivity index (χ4n) is 7.05. The number of rotatable bonds is 10. The summed E-state index contributed by atoms with van der Waals surface area (Å²) in [5, 5.41) is 5.74. The topological polar surface area (TPSA) is 117 Å². The molecular weight excluding hydrogens is 585 g/mol. The fraction of sp³-hybridized carbons (Fsp3) is 0.548. The van der Waals surface area contributed by atoms with Crippen molar-refractivity contribution in [3.8, 4) is 6.01 Å². The van der Waals surface area contributed by atoms with Gasteiger partial charge < -0.3 is 15.0 Å². The highest BCUT2D eigenvalue weighted by Gasteiger charge is 2.45. The first-order valence-electron chi connectivity index (χ1n) is 15.2. The van der Waals surface area contributed by atoms with Crippen LogP contribution in [0.3, 0.4) is 0 Å². The number of aromatic nitrogens is 2. The van der Waals surface area contributed by atoms with Crippen LogP contribution in [0.1, 0.15) is 49.4 Å². The molecule has 232 valence electrons. The highest BCUT2D eigenvalue weighted by molar-refractivity contribution is 8.02. The van der Waals surface area contributed by atoms with Crippen molar-refractivity contribution in [3.63, 3.8) is 0 Å². The van der Waals surface area contributed by atoms with E-state index in [1.807, 2.05) is 0 Å². The van der Waals surface area contributed by atoms with E-state index in [2.05, 4.69) is 62.2 Å². The second-order valence-electron chi connectivity index (χ2n) is 12.3. The van der Waals surface area contributed by atoms with E-state index in [0.717, 1.165) is 50.2 Å². The lowest BCUT2D eigenvalue weighted by Crippen LogP contribution is -2.43. The lowest BCUT2D eigenvalue weighted by Gasteiger charge is -2.33. The molecule has 0 saturated carbocycles. The fourth-order valence-corrected chi connectivity index (χ4v) is 9.89. The van der Waals surface area contributed by atoms with E-state index in [-0.39, 0.29) is 17.8 Å². The summed E-state index contributed by atoms with van der Waals surface area (Å²) >= 11 is 0. The van der Waals surface area contributed by atoms with Crippen molar-refractivity contribution in [2.75, 3.05) is 61.3 Å². The number of aryl methyl sites for hydroxylation is 1. The van der Waals surface area contributed by atoms with E-state index in [1.165, 1.54) is 47.4 Å². The number of hydrogen-bond donors (Lipinski definition) is 1. The molecule has 0 bridgehead atoms. The molecule has 6 rings (SSSR count). The number of fused-ring (bicyclic) bond motifs is 3. The van der Waals surface area contributed by atoms with Gasteiger partial charge in [0.15, 0.2) is 0 Å². The summed E-state index contributed by atoms with van der Waals surface area (Å²) in [6.07, 6.45) is 8.91. The van der Waals surface area contributed by atoms with Gasteiger partial charge in [-0.1, -0.05) is 37.3 Å². The maximum absolute atomic E-state index is 12.5. The van der Waals surface area contributed by atoms with Gasteiger partial charge in [-0.3, -0.25) is 4.90 Å². The number of hydrogen-bond acceptors (Lipinski definition) is 9. The highest BCUT2D eigenvalue weighted by Crippen LogP contribution is 2.39. The third-order valence-electron chi connectivity index (χ3n) is 8.96. The first-order valence-corrected chi connectivity index (χ1v) is 19.2. The van der Waals surface area contributed by atoms with Crippen LogP contribution in [-0.2, 0) is 39.1 Å². The Morgan fingerprint density at radius 2 is 1.77 bits per heavy atom. The standard InChI is InChI=1S/C31H42N6O4S2/c1-4-23-9-5-10-24-11-6-12-27(28(23)24)36-19-13-25-26(21-36)33-30(41-22-31-14-7-17-37(31)18-8-15-31)34-29(25)32-16-20-43(39,40)35-42(2,3)38/h5-6,9-12H,4,7-8,13-22H2,1-3H3,(H,32,33,34). The van der Waals surface area contributed by atoms with Crippen LogP contribution in [0.5, 0.6) is 6.01 Å². The van der Waals surface area contributed by atoms with Gasteiger partial charge in [0.1, 0.15) is 12.4 Å². The minimum atomic E-state index is -3.85. The quantitative estimate of drug-likeness (QED) is 0.353. The van der Waals surface area contributed by atoms with Crippen molar-refractivity contribution in [1.29, 1.82) is 0 Å². The van der Waals surface area contributed by atoms with Gasteiger partial charge in [0, 0.05) is 42.2 Å². The van der Waals surface area contributed by atoms with E-state index in [9.17, 15) is 12.6 Å². The van der Waals surface area contributed by atoms with Crippen molar-refractivity contribution < 1.29 is 17.4 Å². The minimum absolute atomic E-state index is 0.0570. The summed E-state index contributed by atoms with van der Waals surface area (Å²) in [6.45, 7) is 6.43. The largest absolute Gasteiger partial charge is 0.461 e. The summed E-state index contributed by atoms with van der Waals surface area (Å²) in [6, 6.07) is 13.3. The molecule has 0 atom stereocenters. The Kier molecular flexibility index (Phi) is 8.29. The third-order valence-corrected chi connectivity index (χ3v) is 12.0. The number of anilines is 2. The third kappa shape index (κ3) is 6.46. The smallest absolute Gasteiger partial charge is 0.318 e. The number of benzene rings is 2. The Hall–Kier alpha value is -2.96. The molecular formula is C31H42N6O4S2.